The van der Waals surface area contributed by atoms with Crippen molar-refractivity contribution >= 4 is 23.3 Å². The zero-order chi connectivity index (χ0) is 14.3. The lowest BCUT2D eigenvalue weighted by Gasteiger charge is -2.21. The van der Waals surface area contributed by atoms with Crippen LogP contribution in [0.4, 0.5) is 16.2 Å². The van der Waals surface area contributed by atoms with Crippen LogP contribution in [0.15, 0.2) is 18.2 Å². The van der Waals surface area contributed by atoms with Gasteiger partial charge in [0.1, 0.15) is 0 Å². The molecule has 20 heavy (non-hydrogen) atoms. The normalized spacial score (nSPS) is 18.8. The van der Waals surface area contributed by atoms with Crippen molar-refractivity contribution < 1.29 is 9.59 Å². The van der Waals surface area contributed by atoms with Crippen molar-refractivity contribution in [2.45, 2.75) is 31.1 Å². The second-order valence-corrected chi connectivity index (χ2v) is 5.83. The smallest absolute Gasteiger partial charge is 0.321 e. The molecule has 106 valence electrons. The molecular formula is C15H19N3O2. The van der Waals surface area contributed by atoms with E-state index in [0.717, 1.165) is 42.6 Å². The number of hydrogen-bond acceptors (Lipinski definition) is 2. The largest absolute Gasteiger partial charge is 0.331 e. The highest BCUT2D eigenvalue weighted by molar-refractivity contribution is 6.07. The van der Waals surface area contributed by atoms with Crippen molar-refractivity contribution in [1.29, 1.82) is 0 Å². The summed E-state index contributed by atoms with van der Waals surface area (Å²) in [5.74, 6) is 0.112. The van der Waals surface area contributed by atoms with Crippen molar-refractivity contribution in [1.82, 2.24) is 4.90 Å². The van der Waals surface area contributed by atoms with E-state index >= 15 is 0 Å². The third-order valence-electron chi connectivity index (χ3n) is 4.33. The maximum Gasteiger partial charge on any atom is 0.321 e. The summed E-state index contributed by atoms with van der Waals surface area (Å²) in [6.45, 7) is 0. The Morgan fingerprint density at radius 2 is 2.00 bits per heavy atom. The fourth-order valence-corrected chi connectivity index (χ4v) is 3.20. The monoisotopic (exact) mass is 273 g/mol. The van der Waals surface area contributed by atoms with Crippen LogP contribution in [0.2, 0.25) is 0 Å². The Morgan fingerprint density at radius 3 is 2.65 bits per heavy atom. The van der Waals surface area contributed by atoms with Crippen LogP contribution in [0.1, 0.15) is 31.2 Å². The van der Waals surface area contributed by atoms with Gasteiger partial charge in [0.05, 0.1) is 5.41 Å². The van der Waals surface area contributed by atoms with Gasteiger partial charge >= 0.3 is 6.03 Å². The van der Waals surface area contributed by atoms with Crippen LogP contribution >= 0.6 is 0 Å². The van der Waals surface area contributed by atoms with E-state index in [0.29, 0.717) is 0 Å². The lowest BCUT2D eigenvalue weighted by molar-refractivity contribution is -0.120. The summed E-state index contributed by atoms with van der Waals surface area (Å²) in [4.78, 5) is 25.5. The molecule has 0 atom stereocenters. The van der Waals surface area contributed by atoms with Gasteiger partial charge in [-0.1, -0.05) is 12.8 Å². The second-order valence-electron chi connectivity index (χ2n) is 5.83. The Bertz CT molecular complexity index is 574. The van der Waals surface area contributed by atoms with Crippen molar-refractivity contribution in [3.8, 4) is 0 Å². The molecule has 1 spiro atoms. The lowest BCUT2D eigenvalue weighted by Crippen LogP contribution is -2.31. The van der Waals surface area contributed by atoms with Crippen LogP contribution < -0.4 is 10.6 Å². The van der Waals surface area contributed by atoms with Crippen LogP contribution in [0.3, 0.4) is 0 Å². The van der Waals surface area contributed by atoms with Crippen LogP contribution in [0.5, 0.6) is 0 Å². The third-order valence-corrected chi connectivity index (χ3v) is 4.33. The number of nitrogens with zero attached hydrogens (tertiary/aromatic N) is 1. The van der Waals surface area contributed by atoms with Gasteiger partial charge in [-0.15, -0.1) is 0 Å². The molecule has 1 fully saturated rings. The number of anilines is 2. The zero-order valence-electron chi connectivity index (χ0n) is 11.8. The van der Waals surface area contributed by atoms with E-state index in [1.165, 1.54) is 4.90 Å². The standard InChI is InChI=1S/C15H19N3O2/c1-18(2)14(20)16-10-5-6-12-11(9-10)15(13(19)17-12)7-3-4-8-15/h5-6,9H,3-4,7-8H2,1-2H3,(H,16,20)(H,17,19). The molecular weight excluding hydrogens is 254 g/mol. The topological polar surface area (TPSA) is 61.4 Å². The molecule has 0 radical (unpaired) electrons. The number of benzene rings is 1. The van der Waals surface area contributed by atoms with Crippen LogP contribution in [-0.2, 0) is 10.2 Å². The third kappa shape index (κ3) is 1.85. The Hall–Kier alpha value is -2.04. The average Bonchev–Trinajstić information content (AvgIpc) is 2.99. The molecule has 1 aliphatic carbocycles. The molecule has 5 nitrogen and oxygen atoms in total. The summed E-state index contributed by atoms with van der Waals surface area (Å²) < 4.78 is 0. The highest BCUT2D eigenvalue weighted by atomic mass is 16.2. The first-order valence-electron chi connectivity index (χ1n) is 6.97. The Morgan fingerprint density at radius 1 is 1.30 bits per heavy atom. The van der Waals surface area contributed by atoms with Gasteiger partial charge in [0.2, 0.25) is 5.91 Å². The molecule has 0 bridgehead atoms. The first kappa shape index (κ1) is 13.0. The Labute approximate surface area is 118 Å². The number of rotatable bonds is 1. The average molecular weight is 273 g/mol. The van der Waals surface area contributed by atoms with Crippen LogP contribution in [-0.4, -0.2) is 30.9 Å². The summed E-state index contributed by atoms with van der Waals surface area (Å²) in [5, 5.41) is 5.81. The zero-order valence-corrected chi connectivity index (χ0v) is 11.8. The number of urea groups is 1. The highest BCUT2D eigenvalue weighted by Gasteiger charge is 2.48. The Kier molecular flexibility index (Phi) is 2.92. The summed E-state index contributed by atoms with van der Waals surface area (Å²) in [6, 6.07) is 5.49. The SMILES string of the molecule is CN(C)C(=O)Nc1ccc2c(c1)C1(CCCC1)C(=O)N2. The highest BCUT2D eigenvalue weighted by Crippen LogP contribution is 2.49. The van der Waals surface area contributed by atoms with E-state index in [9.17, 15) is 9.59 Å². The maximum absolute atomic E-state index is 12.3. The van der Waals surface area contributed by atoms with Crippen molar-refractivity contribution in [2.24, 2.45) is 0 Å². The molecule has 5 heteroatoms. The fourth-order valence-electron chi connectivity index (χ4n) is 3.20. The van der Waals surface area contributed by atoms with Gasteiger partial charge < -0.3 is 15.5 Å². The van der Waals surface area contributed by atoms with Gasteiger partial charge in [-0.05, 0) is 36.6 Å². The molecule has 1 aromatic carbocycles. The van der Waals surface area contributed by atoms with Gasteiger partial charge in [0.15, 0.2) is 0 Å². The first-order chi connectivity index (χ1) is 9.53. The molecule has 3 rings (SSSR count). The number of amides is 3. The van der Waals surface area contributed by atoms with Gasteiger partial charge in [-0.25, -0.2) is 4.79 Å². The number of hydrogen-bond donors (Lipinski definition) is 2. The van der Waals surface area contributed by atoms with Crippen LogP contribution in [0, 0.1) is 0 Å². The van der Waals surface area contributed by atoms with E-state index in [-0.39, 0.29) is 17.4 Å². The molecule has 0 unspecified atom stereocenters. The fraction of sp³-hybridized carbons (Fsp3) is 0.467. The summed E-state index contributed by atoms with van der Waals surface area (Å²) in [5.41, 5.74) is 2.30. The van der Waals surface area contributed by atoms with Crippen molar-refractivity contribution in [3.05, 3.63) is 23.8 Å². The minimum atomic E-state index is -0.367. The number of fused-ring (bicyclic) bond motifs is 2. The minimum absolute atomic E-state index is 0.112. The van der Waals surface area contributed by atoms with Crippen LogP contribution in [0.25, 0.3) is 0 Å². The van der Waals surface area contributed by atoms with E-state index in [2.05, 4.69) is 10.6 Å². The minimum Gasteiger partial charge on any atom is -0.331 e. The maximum atomic E-state index is 12.3. The van der Waals surface area contributed by atoms with E-state index in [4.69, 9.17) is 0 Å². The van der Waals surface area contributed by atoms with Crippen molar-refractivity contribution in [3.63, 3.8) is 0 Å². The molecule has 1 aliphatic heterocycles. The predicted molar refractivity (Wildman–Crippen MR) is 77.9 cm³/mol. The number of nitrogens with one attached hydrogen (secondary N) is 2. The van der Waals surface area contributed by atoms with E-state index in [1.54, 1.807) is 14.1 Å². The van der Waals surface area contributed by atoms with E-state index in [1.807, 2.05) is 18.2 Å². The van der Waals surface area contributed by atoms with Crippen molar-refractivity contribution in [2.75, 3.05) is 24.7 Å². The molecule has 3 amide bonds. The molecule has 1 heterocycles. The molecule has 0 saturated heterocycles. The lowest BCUT2D eigenvalue weighted by atomic mass is 9.80. The quantitative estimate of drug-likeness (QED) is 0.826. The molecule has 2 aliphatic rings. The van der Waals surface area contributed by atoms with Gasteiger partial charge in [-0.3, -0.25) is 4.79 Å². The van der Waals surface area contributed by atoms with Gasteiger partial charge in [-0.2, -0.15) is 0 Å². The van der Waals surface area contributed by atoms with E-state index < -0.39 is 0 Å². The molecule has 0 aromatic heterocycles. The molecule has 2 N–H and O–H groups in total. The first-order valence-corrected chi connectivity index (χ1v) is 6.97. The Balaban J connectivity index is 1.95. The summed E-state index contributed by atoms with van der Waals surface area (Å²) in [7, 11) is 3.40. The molecule has 1 aromatic rings. The predicted octanol–water partition coefficient (Wildman–Crippen LogP) is 2.54. The summed E-state index contributed by atoms with van der Waals surface area (Å²) in [6.07, 6.45) is 3.97. The number of carbonyl (C=O) groups is 2. The van der Waals surface area contributed by atoms with Gasteiger partial charge in [0, 0.05) is 25.5 Å². The van der Waals surface area contributed by atoms with Gasteiger partial charge in [0.25, 0.3) is 0 Å². The second kappa shape index (κ2) is 4.51. The number of carbonyl (C=O) groups excluding carboxylic acids is 2. The molecule has 1 saturated carbocycles. The summed E-state index contributed by atoms with van der Waals surface area (Å²) >= 11 is 0.